The molecule has 0 radical (unpaired) electrons. The fourth-order valence-corrected chi connectivity index (χ4v) is 2.26. The van der Waals surface area contributed by atoms with Gasteiger partial charge in [-0.3, -0.25) is 4.68 Å². The average molecular weight is 179 g/mol. The van der Waals surface area contributed by atoms with Crippen LogP contribution in [0.1, 0.15) is 31.9 Å². The largest absolute Gasteiger partial charge is 0.328 e. The van der Waals surface area contributed by atoms with Gasteiger partial charge in [-0.2, -0.15) is 5.10 Å². The lowest BCUT2D eigenvalue weighted by atomic mass is 9.85. The van der Waals surface area contributed by atoms with Crippen molar-refractivity contribution >= 4 is 0 Å². The van der Waals surface area contributed by atoms with Crippen LogP contribution >= 0.6 is 0 Å². The summed E-state index contributed by atoms with van der Waals surface area (Å²) in [4.78, 5) is 0. The number of hydrogen-bond donors (Lipinski definition) is 1. The molecule has 72 valence electrons. The number of hydrogen-bond acceptors (Lipinski definition) is 2. The molecule has 0 saturated heterocycles. The van der Waals surface area contributed by atoms with E-state index in [2.05, 4.69) is 18.1 Å². The van der Waals surface area contributed by atoms with Crippen molar-refractivity contribution in [2.45, 2.75) is 37.6 Å². The van der Waals surface area contributed by atoms with Crippen LogP contribution in [-0.2, 0) is 12.5 Å². The number of aryl methyl sites for hydroxylation is 1. The third-order valence-corrected chi connectivity index (χ3v) is 3.11. The van der Waals surface area contributed by atoms with Crippen molar-refractivity contribution in [1.29, 1.82) is 0 Å². The zero-order valence-electron chi connectivity index (χ0n) is 8.33. The second kappa shape index (κ2) is 2.84. The zero-order valence-corrected chi connectivity index (χ0v) is 8.33. The molecule has 0 amide bonds. The summed E-state index contributed by atoms with van der Waals surface area (Å²) in [5.74, 6) is 0. The SMILES string of the molecule is Cn1ccc(C2(C)CCC(N)C2)n1. The average Bonchev–Trinajstić information content (AvgIpc) is 2.60. The summed E-state index contributed by atoms with van der Waals surface area (Å²) < 4.78 is 1.87. The second-order valence-corrected chi connectivity index (χ2v) is 4.44. The maximum absolute atomic E-state index is 5.92. The van der Waals surface area contributed by atoms with Crippen molar-refractivity contribution < 1.29 is 0 Å². The van der Waals surface area contributed by atoms with Crippen molar-refractivity contribution in [3.05, 3.63) is 18.0 Å². The molecule has 1 saturated carbocycles. The van der Waals surface area contributed by atoms with Crippen LogP contribution in [0, 0.1) is 0 Å². The first-order chi connectivity index (χ1) is 6.10. The molecule has 2 unspecified atom stereocenters. The maximum Gasteiger partial charge on any atom is 0.0683 e. The van der Waals surface area contributed by atoms with Gasteiger partial charge in [0.1, 0.15) is 0 Å². The van der Waals surface area contributed by atoms with Crippen LogP contribution in [-0.4, -0.2) is 15.8 Å². The van der Waals surface area contributed by atoms with Gasteiger partial charge in [0.2, 0.25) is 0 Å². The molecule has 0 aliphatic heterocycles. The molecule has 1 heterocycles. The van der Waals surface area contributed by atoms with Gasteiger partial charge in [-0.25, -0.2) is 0 Å². The predicted octanol–water partition coefficient (Wildman–Crippen LogP) is 1.19. The molecular formula is C10H17N3. The first kappa shape index (κ1) is 8.75. The van der Waals surface area contributed by atoms with E-state index in [1.807, 2.05) is 17.9 Å². The van der Waals surface area contributed by atoms with Gasteiger partial charge >= 0.3 is 0 Å². The van der Waals surface area contributed by atoms with Crippen LogP contribution in [0.25, 0.3) is 0 Å². The van der Waals surface area contributed by atoms with E-state index in [0.717, 1.165) is 12.8 Å². The summed E-state index contributed by atoms with van der Waals surface area (Å²) in [6, 6.07) is 2.48. The van der Waals surface area contributed by atoms with Crippen molar-refractivity contribution in [2.24, 2.45) is 12.8 Å². The van der Waals surface area contributed by atoms with Gasteiger partial charge in [0, 0.05) is 24.7 Å². The molecule has 3 nitrogen and oxygen atoms in total. The molecule has 0 spiro atoms. The molecule has 1 aliphatic rings. The molecule has 1 aromatic heterocycles. The van der Waals surface area contributed by atoms with E-state index in [9.17, 15) is 0 Å². The van der Waals surface area contributed by atoms with Crippen LogP contribution in [0.15, 0.2) is 12.3 Å². The number of rotatable bonds is 1. The van der Waals surface area contributed by atoms with Gasteiger partial charge in [-0.15, -0.1) is 0 Å². The third kappa shape index (κ3) is 1.48. The summed E-state index contributed by atoms with van der Waals surface area (Å²) in [5.41, 5.74) is 7.34. The summed E-state index contributed by atoms with van der Waals surface area (Å²) in [5, 5.41) is 4.46. The fourth-order valence-electron chi connectivity index (χ4n) is 2.26. The molecule has 0 bridgehead atoms. The Hall–Kier alpha value is -0.830. The van der Waals surface area contributed by atoms with E-state index < -0.39 is 0 Å². The summed E-state index contributed by atoms with van der Waals surface area (Å²) >= 11 is 0. The Labute approximate surface area is 78.9 Å². The zero-order chi connectivity index (χ0) is 9.47. The standard InChI is InChI=1S/C10H17N3/c1-10(5-3-8(11)7-10)9-4-6-13(2)12-9/h4,6,8H,3,5,7,11H2,1-2H3. The Morgan fingerprint density at radius 2 is 2.46 bits per heavy atom. The molecule has 1 fully saturated rings. The Morgan fingerprint density at radius 3 is 2.92 bits per heavy atom. The van der Waals surface area contributed by atoms with E-state index in [-0.39, 0.29) is 5.41 Å². The van der Waals surface area contributed by atoms with Crippen molar-refractivity contribution in [2.75, 3.05) is 0 Å². The van der Waals surface area contributed by atoms with E-state index >= 15 is 0 Å². The highest BCUT2D eigenvalue weighted by Crippen LogP contribution is 2.38. The van der Waals surface area contributed by atoms with Crippen LogP contribution in [0.3, 0.4) is 0 Å². The Morgan fingerprint density at radius 1 is 1.69 bits per heavy atom. The van der Waals surface area contributed by atoms with Gasteiger partial charge in [0.05, 0.1) is 5.69 Å². The summed E-state index contributed by atoms with van der Waals surface area (Å²) in [6.45, 7) is 2.27. The first-order valence-corrected chi connectivity index (χ1v) is 4.86. The molecular weight excluding hydrogens is 162 g/mol. The quantitative estimate of drug-likeness (QED) is 0.703. The smallest absolute Gasteiger partial charge is 0.0683 e. The lowest BCUT2D eigenvalue weighted by molar-refractivity contribution is 0.460. The minimum Gasteiger partial charge on any atom is -0.328 e. The topological polar surface area (TPSA) is 43.8 Å². The number of nitrogens with two attached hydrogens (primary N) is 1. The fraction of sp³-hybridized carbons (Fsp3) is 0.700. The molecule has 2 rings (SSSR count). The van der Waals surface area contributed by atoms with Gasteiger partial charge in [0.25, 0.3) is 0 Å². The van der Waals surface area contributed by atoms with Gasteiger partial charge in [-0.1, -0.05) is 6.92 Å². The van der Waals surface area contributed by atoms with Crippen molar-refractivity contribution in [3.63, 3.8) is 0 Å². The molecule has 0 aromatic carbocycles. The van der Waals surface area contributed by atoms with Crippen molar-refractivity contribution in [1.82, 2.24) is 9.78 Å². The first-order valence-electron chi connectivity index (χ1n) is 4.86. The number of aromatic nitrogens is 2. The lowest BCUT2D eigenvalue weighted by Gasteiger charge is -2.20. The summed E-state index contributed by atoms with van der Waals surface area (Å²) in [7, 11) is 1.96. The third-order valence-electron chi connectivity index (χ3n) is 3.11. The van der Waals surface area contributed by atoms with Gasteiger partial charge in [-0.05, 0) is 25.3 Å². The van der Waals surface area contributed by atoms with E-state index in [4.69, 9.17) is 5.73 Å². The molecule has 13 heavy (non-hydrogen) atoms. The van der Waals surface area contributed by atoms with Crippen LogP contribution in [0.5, 0.6) is 0 Å². The summed E-state index contributed by atoms with van der Waals surface area (Å²) in [6.07, 6.45) is 5.38. The molecule has 2 N–H and O–H groups in total. The maximum atomic E-state index is 5.92. The Balaban J connectivity index is 2.25. The highest BCUT2D eigenvalue weighted by Gasteiger charge is 2.36. The minimum atomic E-state index is 0.223. The van der Waals surface area contributed by atoms with Crippen molar-refractivity contribution in [3.8, 4) is 0 Å². The minimum absolute atomic E-state index is 0.223. The molecule has 3 heteroatoms. The van der Waals surface area contributed by atoms with Crippen LogP contribution in [0.2, 0.25) is 0 Å². The molecule has 1 aliphatic carbocycles. The lowest BCUT2D eigenvalue weighted by Crippen LogP contribution is -2.23. The Kier molecular flexibility index (Phi) is 1.91. The normalized spacial score (nSPS) is 33.9. The Bertz CT molecular complexity index is 305. The monoisotopic (exact) mass is 179 g/mol. The van der Waals surface area contributed by atoms with E-state index in [0.29, 0.717) is 6.04 Å². The van der Waals surface area contributed by atoms with Crippen LogP contribution in [0.4, 0.5) is 0 Å². The highest BCUT2D eigenvalue weighted by atomic mass is 15.2. The molecule has 1 aromatic rings. The van der Waals surface area contributed by atoms with E-state index in [1.165, 1.54) is 12.1 Å². The van der Waals surface area contributed by atoms with Crippen LogP contribution < -0.4 is 5.73 Å². The molecule has 2 atom stereocenters. The highest BCUT2D eigenvalue weighted by molar-refractivity contribution is 5.17. The van der Waals surface area contributed by atoms with Gasteiger partial charge in [0.15, 0.2) is 0 Å². The predicted molar refractivity (Wildman–Crippen MR) is 52.4 cm³/mol. The second-order valence-electron chi connectivity index (χ2n) is 4.44. The van der Waals surface area contributed by atoms with Gasteiger partial charge < -0.3 is 5.73 Å². The van der Waals surface area contributed by atoms with E-state index in [1.54, 1.807) is 0 Å². The number of nitrogens with zero attached hydrogens (tertiary/aromatic N) is 2.